The maximum absolute atomic E-state index is 13.1. The molecule has 1 N–H and O–H groups in total. The van der Waals surface area contributed by atoms with E-state index in [0.29, 0.717) is 17.8 Å². The average molecular weight is 370 g/mol. The Morgan fingerprint density at radius 3 is 2.52 bits per heavy atom. The largest absolute Gasteiger partial charge is 0.470 e. The van der Waals surface area contributed by atoms with Crippen molar-refractivity contribution in [1.29, 1.82) is 0 Å². The molecule has 0 bridgehead atoms. The van der Waals surface area contributed by atoms with Crippen molar-refractivity contribution < 1.29 is 17.9 Å². The SMILES string of the molecule is C=N/N=C(\OCC(F)F)c1ccc(CNc2ccc(F)c(Cl)c2)cc1. The van der Waals surface area contributed by atoms with Gasteiger partial charge in [-0.25, -0.2) is 13.2 Å². The molecule has 0 spiro atoms. The molecule has 8 heteroatoms. The number of hydrogen-bond donors (Lipinski definition) is 1. The van der Waals surface area contributed by atoms with Gasteiger partial charge in [-0.2, -0.15) is 5.10 Å². The van der Waals surface area contributed by atoms with Gasteiger partial charge in [0.2, 0.25) is 5.90 Å². The van der Waals surface area contributed by atoms with Crippen LogP contribution >= 0.6 is 11.6 Å². The highest BCUT2D eigenvalue weighted by Gasteiger charge is 2.10. The summed E-state index contributed by atoms with van der Waals surface area (Å²) in [5, 5.41) is 10.1. The second kappa shape index (κ2) is 9.08. The molecule has 0 saturated carbocycles. The molecule has 0 radical (unpaired) electrons. The van der Waals surface area contributed by atoms with Crippen molar-refractivity contribution in [3.63, 3.8) is 0 Å². The molecule has 0 aliphatic rings. The lowest BCUT2D eigenvalue weighted by molar-refractivity contribution is 0.0765. The van der Waals surface area contributed by atoms with Gasteiger partial charge in [-0.05, 0) is 35.9 Å². The van der Waals surface area contributed by atoms with Crippen molar-refractivity contribution >= 4 is 29.9 Å². The zero-order valence-electron chi connectivity index (χ0n) is 13.1. The zero-order valence-corrected chi connectivity index (χ0v) is 13.8. The second-order valence-electron chi connectivity index (χ2n) is 4.93. The first-order chi connectivity index (χ1) is 12.0. The van der Waals surface area contributed by atoms with Gasteiger partial charge in [0, 0.05) is 24.5 Å². The summed E-state index contributed by atoms with van der Waals surface area (Å²) >= 11 is 5.72. The summed E-state index contributed by atoms with van der Waals surface area (Å²) in [4.78, 5) is 0. The van der Waals surface area contributed by atoms with Crippen molar-refractivity contribution in [1.82, 2.24) is 0 Å². The van der Waals surface area contributed by atoms with Crippen molar-refractivity contribution in [3.05, 3.63) is 64.4 Å². The van der Waals surface area contributed by atoms with Crippen LogP contribution in [0.15, 0.2) is 52.7 Å². The van der Waals surface area contributed by atoms with Crippen LogP contribution in [0.25, 0.3) is 0 Å². The van der Waals surface area contributed by atoms with E-state index >= 15 is 0 Å². The minimum absolute atomic E-state index is 0.0277. The van der Waals surface area contributed by atoms with Gasteiger partial charge < -0.3 is 10.1 Å². The van der Waals surface area contributed by atoms with Gasteiger partial charge in [-0.1, -0.05) is 23.7 Å². The first-order valence-electron chi connectivity index (χ1n) is 7.22. The third-order valence-corrected chi connectivity index (χ3v) is 3.41. The normalized spacial score (nSPS) is 11.5. The summed E-state index contributed by atoms with van der Waals surface area (Å²) in [6.07, 6.45) is -2.61. The number of anilines is 1. The number of hydrogen-bond acceptors (Lipinski definition) is 4. The van der Waals surface area contributed by atoms with Crippen LogP contribution in [0, 0.1) is 5.82 Å². The van der Waals surface area contributed by atoms with Crippen LogP contribution in [0.3, 0.4) is 0 Å². The topological polar surface area (TPSA) is 46.0 Å². The van der Waals surface area contributed by atoms with E-state index in [-0.39, 0.29) is 10.9 Å². The summed E-state index contributed by atoms with van der Waals surface area (Å²) in [6.45, 7) is 2.88. The predicted octanol–water partition coefficient (Wildman–Crippen LogP) is 4.74. The zero-order chi connectivity index (χ0) is 18.2. The fourth-order valence-electron chi connectivity index (χ4n) is 1.95. The van der Waals surface area contributed by atoms with E-state index in [1.165, 1.54) is 12.1 Å². The Kier molecular flexibility index (Phi) is 6.82. The molecule has 0 saturated heterocycles. The molecule has 0 fully saturated rings. The van der Waals surface area contributed by atoms with E-state index in [2.05, 4.69) is 22.2 Å². The molecule has 0 aliphatic carbocycles. The van der Waals surface area contributed by atoms with E-state index in [4.69, 9.17) is 16.3 Å². The summed E-state index contributed by atoms with van der Waals surface area (Å²) < 4.78 is 42.6. The van der Waals surface area contributed by atoms with E-state index in [0.717, 1.165) is 5.56 Å². The maximum atomic E-state index is 13.1. The van der Waals surface area contributed by atoms with Gasteiger partial charge in [0.25, 0.3) is 6.43 Å². The van der Waals surface area contributed by atoms with Crippen LogP contribution in [-0.2, 0) is 11.3 Å². The Labute approximate surface area is 148 Å². The van der Waals surface area contributed by atoms with Gasteiger partial charge in [0.05, 0.1) is 5.02 Å². The fourth-order valence-corrected chi connectivity index (χ4v) is 2.13. The number of halogens is 4. The second-order valence-corrected chi connectivity index (χ2v) is 5.34. The third kappa shape index (κ3) is 5.79. The van der Waals surface area contributed by atoms with Crippen LogP contribution in [0.5, 0.6) is 0 Å². The molecule has 0 amide bonds. The fraction of sp³-hybridized carbons (Fsp3) is 0.176. The van der Waals surface area contributed by atoms with E-state index in [9.17, 15) is 13.2 Å². The Balaban J connectivity index is 2.01. The molecule has 2 aromatic rings. The van der Waals surface area contributed by atoms with Crippen molar-refractivity contribution in [3.8, 4) is 0 Å². The summed E-state index contributed by atoms with van der Waals surface area (Å²) in [6, 6.07) is 11.2. The predicted molar refractivity (Wildman–Crippen MR) is 93.2 cm³/mol. The Hall–Kier alpha value is -2.54. The van der Waals surface area contributed by atoms with Gasteiger partial charge in [0.1, 0.15) is 5.82 Å². The molecular formula is C17H15ClF3N3O. The molecule has 0 heterocycles. The molecule has 0 unspecified atom stereocenters. The number of nitrogens with one attached hydrogen (secondary N) is 1. The van der Waals surface area contributed by atoms with E-state index < -0.39 is 18.8 Å². The van der Waals surface area contributed by atoms with Crippen LogP contribution in [0.4, 0.5) is 18.9 Å². The summed E-state index contributed by atoms with van der Waals surface area (Å²) in [7, 11) is 0. The maximum Gasteiger partial charge on any atom is 0.272 e. The van der Waals surface area contributed by atoms with E-state index in [1.54, 1.807) is 30.3 Å². The standard InChI is InChI=1S/C17H15ClF3N3O/c1-22-24-17(25-10-16(20)21)12-4-2-11(3-5-12)9-23-13-6-7-15(19)14(18)8-13/h2-8,16,23H,1,9-10H2/b24-17-. The van der Waals surface area contributed by atoms with Gasteiger partial charge in [-0.15, -0.1) is 5.10 Å². The summed E-state index contributed by atoms with van der Waals surface area (Å²) in [5.74, 6) is -0.511. The van der Waals surface area contributed by atoms with Crippen LogP contribution in [0.1, 0.15) is 11.1 Å². The molecule has 0 atom stereocenters. The number of ether oxygens (including phenoxy) is 1. The summed E-state index contributed by atoms with van der Waals surface area (Å²) in [5.41, 5.74) is 2.08. The Morgan fingerprint density at radius 2 is 1.92 bits per heavy atom. The van der Waals surface area contributed by atoms with Gasteiger partial charge in [0.15, 0.2) is 6.61 Å². The van der Waals surface area contributed by atoms with Crippen LogP contribution in [0.2, 0.25) is 5.02 Å². The average Bonchev–Trinajstić information content (AvgIpc) is 2.60. The molecule has 2 rings (SSSR count). The minimum atomic E-state index is -2.61. The highest BCUT2D eigenvalue weighted by Crippen LogP contribution is 2.20. The Bertz CT molecular complexity index is 751. The van der Waals surface area contributed by atoms with Crippen molar-refractivity contribution in [2.75, 3.05) is 11.9 Å². The monoisotopic (exact) mass is 369 g/mol. The van der Waals surface area contributed by atoms with Crippen LogP contribution < -0.4 is 5.32 Å². The molecule has 0 aromatic heterocycles. The molecular weight excluding hydrogens is 355 g/mol. The first-order valence-corrected chi connectivity index (χ1v) is 7.60. The third-order valence-electron chi connectivity index (χ3n) is 3.12. The minimum Gasteiger partial charge on any atom is -0.470 e. The smallest absolute Gasteiger partial charge is 0.272 e. The van der Waals surface area contributed by atoms with Crippen molar-refractivity contribution in [2.24, 2.45) is 10.2 Å². The number of rotatable bonds is 7. The van der Waals surface area contributed by atoms with E-state index in [1.807, 2.05) is 0 Å². The molecule has 132 valence electrons. The molecule has 25 heavy (non-hydrogen) atoms. The first kappa shape index (κ1) is 18.8. The number of alkyl halides is 2. The van der Waals surface area contributed by atoms with Gasteiger partial charge in [-0.3, -0.25) is 0 Å². The lowest BCUT2D eigenvalue weighted by atomic mass is 10.1. The molecule has 0 aliphatic heterocycles. The van der Waals surface area contributed by atoms with Gasteiger partial charge >= 0.3 is 0 Å². The Morgan fingerprint density at radius 1 is 1.20 bits per heavy atom. The molecule has 4 nitrogen and oxygen atoms in total. The lowest BCUT2D eigenvalue weighted by Gasteiger charge is -2.10. The highest BCUT2D eigenvalue weighted by molar-refractivity contribution is 6.31. The van der Waals surface area contributed by atoms with Crippen molar-refractivity contribution in [2.45, 2.75) is 13.0 Å². The quantitative estimate of drug-likeness (QED) is 0.435. The highest BCUT2D eigenvalue weighted by atomic mass is 35.5. The molecule has 2 aromatic carbocycles. The number of benzene rings is 2. The van der Waals surface area contributed by atoms with Crippen LogP contribution in [-0.4, -0.2) is 25.6 Å². The number of nitrogens with zero attached hydrogens (tertiary/aromatic N) is 2. The lowest BCUT2D eigenvalue weighted by Crippen LogP contribution is -2.12.